The Hall–Kier alpha value is -3.28. The molecule has 0 saturated carbocycles. The number of amides is 2. The first-order valence-electron chi connectivity index (χ1n) is 9.04. The molecule has 2 aliphatic heterocycles. The number of hydrogen-bond donors (Lipinski definition) is 6. The van der Waals surface area contributed by atoms with Crippen LogP contribution in [0, 0.1) is 0 Å². The molecular weight excluding hydrogens is 530 g/mol. The summed E-state index contributed by atoms with van der Waals surface area (Å²) in [5.74, 6) is -2.69. The molecule has 1 saturated heterocycles. The number of nitrogen functional groups attached to an aromatic ring is 3. The van der Waals surface area contributed by atoms with Crippen LogP contribution in [0.3, 0.4) is 0 Å². The lowest BCUT2D eigenvalue weighted by atomic mass is 10.0. The van der Waals surface area contributed by atoms with E-state index in [0.29, 0.717) is 9.93 Å². The number of hydrogen-bond acceptors (Lipinski definition) is 14. The van der Waals surface area contributed by atoms with Crippen LogP contribution in [0.25, 0.3) is 0 Å². The van der Waals surface area contributed by atoms with Gasteiger partial charge in [0, 0.05) is 16.7 Å². The lowest BCUT2D eigenvalue weighted by Gasteiger charge is -2.49. The Morgan fingerprint density at radius 1 is 1.29 bits per heavy atom. The molecular formula is C16H14ClN9O5S3. The molecule has 2 aromatic heterocycles. The number of thiazole rings is 1. The average Bonchev–Trinajstić information content (AvgIpc) is 3.08. The molecule has 0 spiro atoms. The fourth-order valence-corrected chi connectivity index (χ4v) is 6.60. The van der Waals surface area contributed by atoms with Crippen molar-refractivity contribution in [1.82, 2.24) is 25.2 Å². The van der Waals surface area contributed by atoms with Crippen molar-refractivity contribution < 1.29 is 24.7 Å². The second kappa shape index (κ2) is 9.16. The third kappa shape index (κ3) is 4.29. The van der Waals surface area contributed by atoms with Crippen LogP contribution in [-0.2, 0) is 14.4 Å². The van der Waals surface area contributed by atoms with E-state index in [1.165, 1.54) is 17.8 Å². The van der Waals surface area contributed by atoms with Gasteiger partial charge in [0.2, 0.25) is 5.95 Å². The van der Waals surface area contributed by atoms with Crippen molar-refractivity contribution in [3.63, 3.8) is 0 Å². The summed E-state index contributed by atoms with van der Waals surface area (Å²) in [6, 6.07) is 0.354. The zero-order chi connectivity index (χ0) is 24.7. The van der Waals surface area contributed by atoms with Gasteiger partial charge >= 0.3 is 5.97 Å². The molecule has 0 bridgehead atoms. The Kier molecular flexibility index (Phi) is 6.43. The number of carbonyl (C=O) groups excluding carboxylic acids is 2. The van der Waals surface area contributed by atoms with Crippen LogP contribution in [0.5, 0.6) is 0 Å². The largest absolute Gasteiger partial charge is 0.477 e. The van der Waals surface area contributed by atoms with Gasteiger partial charge in [0.25, 0.3) is 11.8 Å². The zero-order valence-corrected chi connectivity index (χ0v) is 19.8. The molecule has 34 heavy (non-hydrogen) atoms. The van der Waals surface area contributed by atoms with Gasteiger partial charge in [-0.1, -0.05) is 39.9 Å². The molecule has 1 fully saturated rings. The van der Waals surface area contributed by atoms with Crippen LogP contribution >= 0.6 is 46.5 Å². The van der Waals surface area contributed by atoms with Gasteiger partial charge in [-0.05, 0) is 0 Å². The maximum atomic E-state index is 12.8. The minimum absolute atomic E-state index is 0.0258. The standard InChI is InChI=1S/C16H14ClN9O5S3/c17-10-6(24-16(20)34-10)7(25-31)11(27)23-8-12(28)26-9(14(29)30)3(2-32-13(8)26)33-5-1-4(18)21-15(19)22-5/h1,8,13,31H,2H2,(H2,20,24)(H,23,27)(H,29,30)(H4,18,19,21,22)/b25-7-. The first-order chi connectivity index (χ1) is 16.1. The number of thioether (sulfide) groups is 2. The van der Waals surface area contributed by atoms with E-state index in [2.05, 4.69) is 25.4 Å². The Bertz CT molecular complexity index is 1260. The van der Waals surface area contributed by atoms with Gasteiger partial charge in [0.05, 0.1) is 0 Å². The van der Waals surface area contributed by atoms with Crippen molar-refractivity contribution in [3.05, 3.63) is 26.7 Å². The molecule has 2 unspecified atom stereocenters. The molecule has 2 aliphatic rings. The average molecular weight is 544 g/mol. The maximum absolute atomic E-state index is 12.8. The molecule has 14 nitrogen and oxygen atoms in total. The molecule has 2 atom stereocenters. The Balaban J connectivity index is 1.55. The number of nitrogens with one attached hydrogen (secondary N) is 1. The molecule has 2 aromatic rings. The smallest absolute Gasteiger partial charge is 0.353 e. The predicted octanol–water partition coefficient (Wildman–Crippen LogP) is -0.000200. The first kappa shape index (κ1) is 23.9. The van der Waals surface area contributed by atoms with Gasteiger partial charge in [-0.2, -0.15) is 4.98 Å². The van der Waals surface area contributed by atoms with E-state index in [1.54, 1.807) is 0 Å². The Morgan fingerprint density at radius 2 is 2.03 bits per heavy atom. The highest BCUT2D eigenvalue weighted by molar-refractivity contribution is 8.06. The van der Waals surface area contributed by atoms with Crippen LogP contribution in [0.2, 0.25) is 4.34 Å². The van der Waals surface area contributed by atoms with E-state index < -0.39 is 34.9 Å². The molecule has 18 heteroatoms. The van der Waals surface area contributed by atoms with Crippen molar-refractivity contribution in [3.8, 4) is 0 Å². The quantitative estimate of drug-likeness (QED) is 0.0925. The van der Waals surface area contributed by atoms with Gasteiger partial charge in [-0.3, -0.25) is 14.5 Å². The van der Waals surface area contributed by atoms with Crippen LogP contribution < -0.4 is 22.5 Å². The fourth-order valence-electron chi connectivity index (χ4n) is 3.18. The first-order valence-corrected chi connectivity index (χ1v) is 12.1. The van der Waals surface area contributed by atoms with Crippen LogP contribution in [0.4, 0.5) is 16.9 Å². The second-order valence-electron chi connectivity index (χ2n) is 6.65. The summed E-state index contributed by atoms with van der Waals surface area (Å²) < 4.78 is 0.0258. The molecule has 9 N–H and O–H groups in total. The maximum Gasteiger partial charge on any atom is 0.353 e. The molecule has 0 aromatic carbocycles. The number of aromatic nitrogens is 3. The third-order valence-corrected chi connectivity index (χ3v) is 8.08. The molecule has 178 valence electrons. The molecule has 4 heterocycles. The summed E-state index contributed by atoms with van der Waals surface area (Å²) >= 11 is 9.07. The molecule has 2 amide bonds. The monoisotopic (exact) mass is 543 g/mol. The number of nitrogens with zero attached hydrogens (tertiary/aromatic N) is 5. The fraction of sp³-hybridized carbons (Fsp3) is 0.188. The minimum Gasteiger partial charge on any atom is -0.477 e. The van der Waals surface area contributed by atoms with Crippen LogP contribution in [0.15, 0.2) is 26.9 Å². The third-order valence-electron chi connectivity index (χ3n) is 4.53. The minimum atomic E-state index is -1.33. The van der Waals surface area contributed by atoms with E-state index >= 15 is 0 Å². The normalized spacial score (nSPS) is 20.1. The predicted molar refractivity (Wildman–Crippen MR) is 126 cm³/mol. The number of oxime groups is 1. The van der Waals surface area contributed by atoms with Crippen molar-refractivity contribution in [2.24, 2.45) is 5.16 Å². The van der Waals surface area contributed by atoms with Gasteiger partial charge < -0.3 is 32.8 Å². The number of aliphatic carboxylic acids is 1. The number of halogens is 1. The van der Waals surface area contributed by atoms with Gasteiger partial charge in [-0.25, -0.2) is 14.8 Å². The second-order valence-corrected chi connectivity index (χ2v) is 10.5. The lowest BCUT2D eigenvalue weighted by Crippen LogP contribution is -2.71. The molecule has 0 aliphatic carbocycles. The SMILES string of the molecule is Nc1cc(SC2=C(C(=O)O)N3C(=O)C(NC(=O)/C(=N\O)c4nc(N)sc4Cl)C3SC2)nc(N)n1. The highest BCUT2D eigenvalue weighted by Crippen LogP contribution is 2.45. The zero-order valence-electron chi connectivity index (χ0n) is 16.6. The van der Waals surface area contributed by atoms with Crippen LogP contribution in [0.1, 0.15) is 5.69 Å². The van der Waals surface area contributed by atoms with Gasteiger partial charge in [0.1, 0.15) is 38.0 Å². The number of anilines is 3. The van der Waals surface area contributed by atoms with Crippen LogP contribution in [-0.4, -0.2) is 70.8 Å². The Morgan fingerprint density at radius 3 is 2.62 bits per heavy atom. The van der Waals surface area contributed by atoms with Gasteiger partial charge in [0.15, 0.2) is 10.8 Å². The molecule has 0 radical (unpaired) electrons. The van der Waals surface area contributed by atoms with E-state index in [9.17, 15) is 24.7 Å². The summed E-state index contributed by atoms with van der Waals surface area (Å²) in [6.07, 6.45) is 0. The lowest BCUT2D eigenvalue weighted by molar-refractivity contribution is -0.150. The summed E-state index contributed by atoms with van der Waals surface area (Å²) in [5.41, 5.74) is 15.9. The highest BCUT2D eigenvalue weighted by atomic mass is 35.5. The number of nitrogens with two attached hydrogens (primary N) is 3. The van der Waals surface area contributed by atoms with E-state index in [-0.39, 0.29) is 38.4 Å². The number of carbonyl (C=O) groups is 3. The number of carboxylic acids is 1. The summed E-state index contributed by atoms with van der Waals surface area (Å²) in [5, 5.41) is 24.1. The van der Waals surface area contributed by atoms with Gasteiger partial charge in [-0.15, -0.1) is 11.8 Å². The highest BCUT2D eigenvalue weighted by Gasteiger charge is 2.54. The molecule has 4 rings (SSSR count). The number of rotatable bonds is 6. The van der Waals surface area contributed by atoms with E-state index in [0.717, 1.165) is 28.0 Å². The van der Waals surface area contributed by atoms with E-state index in [4.69, 9.17) is 28.8 Å². The number of fused-ring (bicyclic) bond motifs is 1. The Labute approximate surface area is 207 Å². The van der Waals surface area contributed by atoms with Crippen molar-refractivity contribution >= 4 is 86.9 Å². The van der Waals surface area contributed by atoms with Crippen molar-refractivity contribution in [2.75, 3.05) is 23.0 Å². The number of β-lactam (4-membered cyclic amide) rings is 1. The van der Waals surface area contributed by atoms with Crippen molar-refractivity contribution in [1.29, 1.82) is 0 Å². The number of carboxylic acid groups (broad SMARTS) is 1. The van der Waals surface area contributed by atoms with E-state index in [1.807, 2.05) is 0 Å². The topological polar surface area (TPSA) is 236 Å². The summed E-state index contributed by atoms with van der Waals surface area (Å²) in [6.45, 7) is 0. The summed E-state index contributed by atoms with van der Waals surface area (Å²) in [4.78, 5) is 50.5. The van der Waals surface area contributed by atoms with Crippen molar-refractivity contribution in [2.45, 2.75) is 16.4 Å². The summed E-state index contributed by atoms with van der Waals surface area (Å²) in [7, 11) is 0.